The van der Waals surface area contributed by atoms with E-state index in [2.05, 4.69) is 29.4 Å². The lowest BCUT2D eigenvalue weighted by molar-refractivity contribution is -0.135. The van der Waals surface area contributed by atoms with Crippen molar-refractivity contribution < 1.29 is 14.4 Å². The maximum atomic E-state index is 12.5. The van der Waals surface area contributed by atoms with E-state index in [4.69, 9.17) is 0 Å². The van der Waals surface area contributed by atoms with E-state index < -0.39 is 0 Å². The second kappa shape index (κ2) is 10.7. The van der Waals surface area contributed by atoms with Gasteiger partial charge in [-0.2, -0.15) is 0 Å². The summed E-state index contributed by atoms with van der Waals surface area (Å²) in [5, 5.41) is 7.72. The molecule has 0 unspecified atom stereocenters. The van der Waals surface area contributed by atoms with E-state index in [1.807, 2.05) is 25.5 Å². The number of amides is 3. The third-order valence-corrected chi connectivity index (χ3v) is 5.94. The molecule has 0 atom stereocenters. The van der Waals surface area contributed by atoms with Gasteiger partial charge in [0.05, 0.1) is 4.88 Å². The lowest BCUT2D eigenvalue weighted by Crippen LogP contribution is -2.46. The number of rotatable bonds is 9. The summed E-state index contributed by atoms with van der Waals surface area (Å²) in [4.78, 5) is 41.3. The van der Waals surface area contributed by atoms with Crippen LogP contribution in [-0.2, 0) is 9.59 Å². The van der Waals surface area contributed by atoms with Crippen LogP contribution in [0.3, 0.4) is 0 Å². The Kier molecular flexibility index (Phi) is 8.64. The quantitative estimate of drug-likeness (QED) is 0.636. The molecule has 0 spiro atoms. The standard InChI is InChI=1S/C21H34N4O3S/c1-21(2,15-24(3)4)14-23-19(27)16-8-11-25(12-9-16)18(26)7-10-22-20(28)17-6-5-13-29-17/h5-6,13,16H,7-12,14-15H2,1-4H3,(H,22,28)(H,23,27). The highest BCUT2D eigenvalue weighted by atomic mass is 32.1. The second-order valence-corrected chi connectivity index (χ2v) is 9.71. The van der Waals surface area contributed by atoms with Crippen molar-refractivity contribution in [2.75, 3.05) is 46.8 Å². The Balaban J connectivity index is 1.66. The molecule has 8 heteroatoms. The SMILES string of the molecule is CN(C)CC(C)(C)CNC(=O)C1CCN(C(=O)CCNC(=O)c2cccs2)CC1. The van der Waals surface area contributed by atoms with Crippen molar-refractivity contribution in [2.45, 2.75) is 33.1 Å². The molecule has 1 saturated heterocycles. The van der Waals surface area contributed by atoms with Crippen LogP contribution in [0, 0.1) is 11.3 Å². The monoisotopic (exact) mass is 422 g/mol. The molecule has 1 aliphatic rings. The summed E-state index contributed by atoms with van der Waals surface area (Å²) in [6.45, 7) is 7.36. The van der Waals surface area contributed by atoms with E-state index in [0.717, 1.165) is 6.54 Å². The maximum absolute atomic E-state index is 12.5. The van der Waals surface area contributed by atoms with Gasteiger partial charge >= 0.3 is 0 Å². The van der Waals surface area contributed by atoms with Crippen molar-refractivity contribution in [1.82, 2.24) is 20.4 Å². The van der Waals surface area contributed by atoms with Crippen molar-refractivity contribution in [1.29, 1.82) is 0 Å². The van der Waals surface area contributed by atoms with Gasteiger partial charge in [0.2, 0.25) is 11.8 Å². The number of hydrogen-bond acceptors (Lipinski definition) is 5. The minimum absolute atomic E-state index is 0.0172. The van der Waals surface area contributed by atoms with Crippen molar-refractivity contribution in [3.05, 3.63) is 22.4 Å². The van der Waals surface area contributed by atoms with Crippen molar-refractivity contribution >= 4 is 29.1 Å². The summed E-state index contributed by atoms with van der Waals surface area (Å²) in [5.74, 6) is -0.0531. The maximum Gasteiger partial charge on any atom is 0.261 e. The molecular weight excluding hydrogens is 388 g/mol. The summed E-state index contributed by atoms with van der Waals surface area (Å²) in [6.07, 6.45) is 1.66. The molecule has 0 radical (unpaired) electrons. The van der Waals surface area contributed by atoms with Crippen molar-refractivity contribution in [3.8, 4) is 0 Å². The van der Waals surface area contributed by atoms with E-state index in [9.17, 15) is 14.4 Å². The molecule has 1 fully saturated rings. The molecule has 2 rings (SSSR count). The topological polar surface area (TPSA) is 81.8 Å². The third kappa shape index (κ3) is 7.78. The summed E-state index contributed by atoms with van der Waals surface area (Å²) < 4.78 is 0. The Morgan fingerprint density at radius 1 is 1.21 bits per heavy atom. The Morgan fingerprint density at radius 2 is 1.90 bits per heavy atom. The van der Waals surface area contributed by atoms with Gasteiger partial charge in [0, 0.05) is 45.1 Å². The molecule has 3 amide bonds. The predicted octanol–water partition coefficient (Wildman–Crippen LogP) is 1.81. The van der Waals surface area contributed by atoms with Crippen LogP contribution in [0.15, 0.2) is 17.5 Å². The van der Waals surface area contributed by atoms with E-state index in [-0.39, 0.29) is 35.5 Å². The first-order valence-corrected chi connectivity index (χ1v) is 11.1. The van der Waals surface area contributed by atoms with Gasteiger partial charge in [0.1, 0.15) is 0 Å². The smallest absolute Gasteiger partial charge is 0.261 e. The van der Waals surface area contributed by atoms with Crippen LogP contribution in [0.25, 0.3) is 0 Å². The van der Waals surface area contributed by atoms with Crippen LogP contribution < -0.4 is 10.6 Å². The Morgan fingerprint density at radius 3 is 2.48 bits per heavy atom. The highest BCUT2D eigenvalue weighted by Crippen LogP contribution is 2.19. The van der Waals surface area contributed by atoms with Crippen LogP contribution in [0.4, 0.5) is 0 Å². The molecule has 0 aromatic carbocycles. The number of carbonyl (C=O) groups excluding carboxylic acids is 3. The molecular formula is C21H34N4O3S. The van der Waals surface area contributed by atoms with Crippen molar-refractivity contribution in [2.24, 2.45) is 11.3 Å². The number of carbonyl (C=O) groups is 3. The molecule has 0 aliphatic carbocycles. The fourth-order valence-electron chi connectivity index (χ4n) is 3.71. The molecule has 0 bridgehead atoms. The van der Waals surface area contributed by atoms with Gasteiger partial charge in [-0.1, -0.05) is 19.9 Å². The van der Waals surface area contributed by atoms with Gasteiger partial charge in [0.25, 0.3) is 5.91 Å². The molecule has 0 saturated carbocycles. The predicted molar refractivity (Wildman–Crippen MR) is 116 cm³/mol. The van der Waals surface area contributed by atoms with E-state index in [0.29, 0.717) is 43.9 Å². The molecule has 162 valence electrons. The summed E-state index contributed by atoms with van der Waals surface area (Å²) in [6, 6.07) is 3.59. The van der Waals surface area contributed by atoms with Crippen LogP contribution >= 0.6 is 11.3 Å². The van der Waals surface area contributed by atoms with Gasteiger partial charge in [-0.25, -0.2) is 0 Å². The Hall–Kier alpha value is -1.93. The highest BCUT2D eigenvalue weighted by Gasteiger charge is 2.28. The van der Waals surface area contributed by atoms with Crippen LogP contribution in [0.1, 0.15) is 42.8 Å². The molecule has 7 nitrogen and oxygen atoms in total. The van der Waals surface area contributed by atoms with Crippen LogP contribution in [-0.4, -0.2) is 74.3 Å². The zero-order valence-corrected chi connectivity index (χ0v) is 18.8. The zero-order chi connectivity index (χ0) is 21.4. The normalized spacial score (nSPS) is 15.4. The van der Waals surface area contributed by atoms with E-state index in [1.54, 1.807) is 11.0 Å². The highest BCUT2D eigenvalue weighted by molar-refractivity contribution is 7.12. The largest absolute Gasteiger partial charge is 0.355 e. The number of piperidine rings is 1. The van der Waals surface area contributed by atoms with Gasteiger partial charge in [-0.3, -0.25) is 14.4 Å². The van der Waals surface area contributed by atoms with Gasteiger partial charge in [0.15, 0.2) is 0 Å². The number of nitrogens with zero attached hydrogens (tertiary/aromatic N) is 2. The third-order valence-electron chi connectivity index (χ3n) is 5.07. The van der Waals surface area contributed by atoms with E-state index in [1.165, 1.54) is 11.3 Å². The first kappa shape index (κ1) is 23.3. The number of hydrogen-bond donors (Lipinski definition) is 2. The minimum atomic E-state index is -0.139. The average molecular weight is 423 g/mol. The fraction of sp³-hybridized carbons (Fsp3) is 0.667. The summed E-state index contributed by atoms with van der Waals surface area (Å²) >= 11 is 1.38. The number of nitrogens with one attached hydrogen (secondary N) is 2. The number of thiophene rings is 1. The lowest BCUT2D eigenvalue weighted by atomic mass is 9.91. The van der Waals surface area contributed by atoms with Gasteiger partial charge < -0.3 is 20.4 Å². The molecule has 2 N–H and O–H groups in total. The van der Waals surface area contributed by atoms with Crippen LogP contribution in [0.5, 0.6) is 0 Å². The number of likely N-dealkylation sites (tertiary alicyclic amines) is 1. The van der Waals surface area contributed by atoms with Crippen LogP contribution in [0.2, 0.25) is 0 Å². The molecule has 1 aliphatic heterocycles. The summed E-state index contributed by atoms with van der Waals surface area (Å²) in [7, 11) is 4.06. The summed E-state index contributed by atoms with van der Waals surface area (Å²) in [5.41, 5.74) is 0.0172. The molecule has 29 heavy (non-hydrogen) atoms. The molecule has 1 aromatic heterocycles. The fourth-order valence-corrected chi connectivity index (χ4v) is 4.35. The average Bonchev–Trinajstić information content (AvgIpc) is 3.20. The second-order valence-electron chi connectivity index (χ2n) is 8.76. The first-order valence-electron chi connectivity index (χ1n) is 10.2. The van der Waals surface area contributed by atoms with Crippen molar-refractivity contribution in [3.63, 3.8) is 0 Å². The minimum Gasteiger partial charge on any atom is -0.355 e. The van der Waals surface area contributed by atoms with E-state index >= 15 is 0 Å². The van der Waals surface area contributed by atoms with Gasteiger partial charge in [-0.15, -0.1) is 11.3 Å². The molecule has 1 aromatic rings. The molecule has 2 heterocycles. The Labute approximate surface area is 177 Å². The van der Waals surface area contributed by atoms with Gasteiger partial charge in [-0.05, 0) is 43.8 Å². The lowest BCUT2D eigenvalue weighted by Gasteiger charge is -2.33. The first-order chi connectivity index (χ1) is 13.7. The zero-order valence-electron chi connectivity index (χ0n) is 18.0. The Bertz CT molecular complexity index is 680.